The van der Waals surface area contributed by atoms with Crippen LogP contribution in [-0.4, -0.2) is 24.9 Å². The minimum Gasteiger partial charge on any atom is -0.363 e. The quantitative estimate of drug-likeness (QED) is 0.104. The van der Waals surface area contributed by atoms with E-state index in [-0.39, 0.29) is 44.9 Å². The summed E-state index contributed by atoms with van der Waals surface area (Å²) in [5.41, 5.74) is -1.05. The summed E-state index contributed by atoms with van der Waals surface area (Å²) in [6, 6.07) is 28.8. The van der Waals surface area contributed by atoms with Crippen molar-refractivity contribution < 1.29 is 48.9 Å². The van der Waals surface area contributed by atoms with E-state index in [1.165, 1.54) is 21.9 Å². The van der Waals surface area contributed by atoms with Crippen molar-refractivity contribution in [2.24, 2.45) is 10.8 Å². The van der Waals surface area contributed by atoms with Crippen molar-refractivity contribution in [3.8, 4) is 0 Å². The van der Waals surface area contributed by atoms with E-state index in [0.717, 1.165) is 37.8 Å². The zero-order valence-corrected chi connectivity index (χ0v) is 31.6. The summed E-state index contributed by atoms with van der Waals surface area (Å²) in [7, 11) is 0. The number of carbonyl (C=O) groups excluding carboxylic acids is 2. The molecule has 4 aromatic carbocycles. The van der Waals surface area contributed by atoms with Crippen molar-refractivity contribution in [1.82, 2.24) is 0 Å². The number of nitrogens with zero attached hydrogens (tertiary/aromatic N) is 2. The number of rotatable bonds is 8. The fourth-order valence-corrected chi connectivity index (χ4v) is 4.04. The number of benzene rings is 2. The van der Waals surface area contributed by atoms with Gasteiger partial charge in [-0.25, -0.2) is 41.8 Å². The van der Waals surface area contributed by atoms with E-state index in [9.17, 15) is 27.2 Å². The van der Waals surface area contributed by atoms with Gasteiger partial charge in [0.1, 0.15) is 0 Å². The van der Waals surface area contributed by atoms with Gasteiger partial charge in [-0.15, -0.1) is 36.4 Å². The Balaban J connectivity index is 0.000000717. The second-order valence-electron chi connectivity index (χ2n) is 13.1. The third-order valence-electron chi connectivity index (χ3n) is 6.62. The van der Waals surface area contributed by atoms with Crippen LogP contribution in [0.25, 0.3) is 0 Å². The zero-order chi connectivity index (χ0) is 36.3. The molecule has 0 N–H and O–H groups in total. The van der Waals surface area contributed by atoms with Crippen LogP contribution in [0, 0.1) is 46.2 Å². The van der Waals surface area contributed by atoms with Crippen LogP contribution in [0.3, 0.4) is 0 Å². The topological polar surface area (TPSA) is 40.6 Å². The molecule has 49 heavy (non-hydrogen) atoms. The van der Waals surface area contributed by atoms with Crippen LogP contribution < -0.4 is 9.80 Å². The predicted octanol–water partition coefficient (Wildman–Crippen LogP) is 10.7. The smallest absolute Gasteiger partial charge is 0.363 e. The maximum atomic E-state index is 13.8. The van der Waals surface area contributed by atoms with Gasteiger partial charge >= 0.3 is 21.7 Å². The van der Waals surface area contributed by atoms with Crippen LogP contribution in [0.2, 0.25) is 0 Å². The molecule has 0 aliphatic heterocycles. The number of amides is 2. The normalized spacial score (nSPS) is 10.5. The van der Waals surface area contributed by atoms with Crippen LogP contribution in [0.5, 0.6) is 0 Å². The minimum absolute atomic E-state index is 0. The summed E-state index contributed by atoms with van der Waals surface area (Å²) in [5, 5.41) is 0. The molecule has 0 bridgehead atoms. The molecular weight excluding hydrogens is 664 g/mol. The molecule has 0 fully saturated rings. The van der Waals surface area contributed by atoms with Crippen molar-refractivity contribution in [2.45, 2.75) is 81.1 Å². The van der Waals surface area contributed by atoms with Crippen molar-refractivity contribution in [2.75, 3.05) is 22.9 Å². The summed E-state index contributed by atoms with van der Waals surface area (Å²) in [4.78, 5) is 27.5. The van der Waals surface area contributed by atoms with E-state index < -0.39 is 34.1 Å². The van der Waals surface area contributed by atoms with Gasteiger partial charge in [0.2, 0.25) is 11.8 Å². The Kier molecular flexibility index (Phi) is 21.4. The fraction of sp³-hybridized carbons (Fsp3) is 0.400. The summed E-state index contributed by atoms with van der Waals surface area (Å²) in [5.74, 6) is -3.54. The number of halogens is 4. The first kappa shape index (κ1) is 45.5. The van der Waals surface area contributed by atoms with Gasteiger partial charge in [-0.3, -0.25) is 9.59 Å². The van der Waals surface area contributed by atoms with Crippen LogP contribution >= 0.6 is 0 Å². The number of hydrogen-bond acceptors (Lipinski definition) is 2. The Morgan fingerprint density at radius 3 is 1.12 bits per heavy atom. The molecule has 0 heterocycles. The molecule has 0 saturated carbocycles. The van der Waals surface area contributed by atoms with E-state index in [4.69, 9.17) is 0 Å². The second kappa shape index (κ2) is 23.0. The Morgan fingerprint density at radius 1 is 0.612 bits per heavy atom. The third-order valence-corrected chi connectivity index (χ3v) is 6.62. The first-order chi connectivity index (χ1) is 22.5. The van der Waals surface area contributed by atoms with Crippen LogP contribution in [0.4, 0.5) is 28.9 Å². The minimum atomic E-state index is -0.825. The Labute approximate surface area is 306 Å². The van der Waals surface area contributed by atoms with Crippen molar-refractivity contribution in [3.05, 3.63) is 120 Å². The van der Waals surface area contributed by atoms with Gasteiger partial charge in [0.05, 0.1) is 0 Å². The van der Waals surface area contributed by atoms with Gasteiger partial charge < -0.3 is 9.80 Å². The zero-order valence-electron chi connectivity index (χ0n) is 30.0. The van der Waals surface area contributed by atoms with E-state index >= 15 is 0 Å². The molecule has 4 nitrogen and oxygen atoms in total. The monoisotopic (exact) mass is 714 g/mol. The Bertz CT molecular complexity index is 1310. The molecule has 0 spiro atoms. The van der Waals surface area contributed by atoms with Gasteiger partial charge in [0, 0.05) is 47.2 Å². The molecular formula is C40H50F4N2O2Ti. The Morgan fingerprint density at radius 2 is 0.918 bits per heavy atom. The molecule has 2 amide bonds. The number of hydrogen-bond donors (Lipinski definition) is 0. The summed E-state index contributed by atoms with van der Waals surface area (Å²) >= 11 is 0. The van der Waals surface area contributed by atoms with Crippen LogP contribution in [-0.2, 0) is 31.3 Å². The fourth-order valence-electron chi connectivity index (χ4n) is 4.04. The molecule has 0 atom stereocenters. The van der Waals surface area contributed by atoms with E-state index in [2.05, 4.69) is 0 Å². The third kappa shape index (κ3) is 17.1. The van der Waals surface area contributed by atoms with Crippen molar-refractivity contribution in [3.63, 3.8) is 0 Å². The van der Waals surface area contributed by atoms with E-state index in [1.54, 1.807) is 41.5 Å². The molecule has 0 aromatic heterocycles. The first-order valence-corrected chi connectivity index (χ1v) is 16.3. The molecule has 0 radical (unpaired) electrons. The van der Waals surface area contributed by atoms with Gasteiger partial charge in [-0.1, -0.05) is 68.2 Å². The van der Waals surface area contributed by atoms with Crippen molar-refractivity contribution in [1.29, 1.82) is 0 Å². The summed E-state index contributed by atoms with van der Waals surface area (Å²) < 4.78 is 53.4. The van der Waals surface area contributed by atoms with E-state index in [0.29, 0.717) is 13.1 Å². The average molecular weight is 715 g/mol. The molecule has 0 aliphatic rings. The first-order valence-electron chi connectivity index (χ1n) is 16.3. The van der Waals surface area contributed by atoms with Crippen LogP contribution in [0.15, 0.2) is 84.9 Å². The molecule has 4 aromatic rings. The molecule has 0 saturated heterocycles. The van der Waals surface area contributed by atoms with Gasteiger partial charge in [0.15, 0.2) is 0 Å². The predicted molar refractivity (Wildman–Crippen MR) is 188 cm³/mol. The SMILES string of the molecule is CCCCN(C(=O)C(C)(C)C)c1ccc(F)[c-]c1F.CCCCN(C(=O)C(C)(C)C)c1ccc(F)[c-]c1F.[Ti+4].c1cc[cH-]c1.c1cc[cH-]c1. The van der Waals surface area contributed by atoms with Gasteiger partial charge in [-0.2, -0.15) is 36.4 Å². The second-order valence-corrected chi connectivity index (χ2v) is 13.1. The Hall–Kier alpha value is -3.49. The van der Waals surface area contributed by atoms with E-state index in [1.807, 2.05) is 86.6 Å². The largest absolute Gasteiger partial charge is 4.00 e. The number of carbonyl (C=O) groups is 2. The molecule has 0 aliphatic carbocycles. The average Bonchev–Trinajstić information content (AvgIpc) is 3.78. The molecule has 4 rings (SSSR count). The molecule has 9 heteroatoms. The van der Waals surface area contributed by atoms with Gasteiger partial charge in [-0.05, 0) is 24.2 Å². The molecule has 0 unspecified atom stereocenters. The maximum absolute atomic E-state index is 13.8. The molecule has 264 valence electrons. The number of anilines is 2. The van der Waals surface area contributed by atoms with Crippen molar-refractivity contribution >= 4 is 23.2 Å². The number of unbranched alkanes of at least 4 members (excludes halogenated alkanes) is 2. The van der Waals surface area contributed by atoms with Crippen LogP contribution in [0.1, 0.15) is 81.1 Å². The summed E-state index contributed by atoms with van der Waals surface area (Å²) in [6.45, 7) is 15.5. The standard InChI is InChI=1S/2C15H20F2NO.2C5H5.Ti/c2*1-5-6-9-18(14(19)15(2,3)4)13-8-7-11(16)10-12(13)17;2*1-2-4-5-3-1;/h2*7-8H,5-6,9H2,1-4H3;2*1-5H;/q4*-1;+4. The maximum Gasteiger partial charge on any atom is 4.00 e. The summed E-state index contributed by atoms with van der Waals surface area (Å²) in [6.07, 6.45) is 3.30. The van der Waals surface area contributed by atoms with Gasteiger partial charge in [0.25, 0.3) is 0 Å².